The van der Waals surface area contributed by atoms with Gasteiger partial charge in [0, 0.05) is 12.3 Å². The van der Waals surface area contributed by atoms with Crippen molar-refractivity contribution in [1.29, 1.82) is 0 Å². The van der Waals surface area contributed by atoms with Crippen LogP contribution in [-0.2, 0) is 49.3 Å². The first-order valence-corrected chi connectivity index (χ1v) is 27.6. The Morgan fingerprint density at radius 2 is 1.25 bits per heavy atom. The van der Waals surface area contributed by atoms with Crippen LogP contribution in [0.1, 0.15) is 24.0 Å². The minimum atomic E-state index is -2.26. The van der Waals surface area contributed by atoms with Crippen molar-refractivity contribution in [3.05, 3.63) is 65.7 Å². The SMILES string of the molecule is CC(c1ccccc1)C(N)C(=O)NC(Cc1ccc(OC2OC(CO)C(OC3OC(CO)C(O)C(O)C3O)C(O)C2O)cc1)C(=O)NC(C(=O)NC(C(=O)NC(C=O)CO)C(O)C1CN=C(N)N1C1OC(CO)C(O)C(O)C1O)C(O)C1CN=C(N)N1. The Morgan fingerprint density at radius 3 is 1.85 bits per heavy atom. The standard InChI is InChI=1S/C52H77N11O24/c1-19(21-5-3-2-4-6-21)30(53)45(80)59-24(11-20-7-9-23(10-8-20)83-49-42(78)39(75)43(29(18-68)86-49)87-50-41(77)38(74)36(72)28(17-67)85-50)44(79)61-31(33(69)25-12-56-51(54)60-25)47(82)62-32(46(81)58-22(14-64)15-65)34(70)26-13-57-52(55)63(26)48-40(76)37(73)35(71)27(16-66)84-48/h2-10,14,19,22,24-43,48-50,65-78H,11-13,15-18,53H2,1H3,(H2,55,57)(H,58,81)(H,59,80)(H,61,79)(H,62,82)(H3,54,56,60). The largest absolute Gasteiger partial charge is 0.462 e. The molecule has 35 nitrogen and oxygen atoms in total. The molecule has 4 amide bonds. The summed E-state index contributed by atoms with van der Waals surface area (Å²) in [6.45, 7) is -2.68. The minimum Gasteiger partial charge on any atom is -0.462 e. The second-order valence-corrected chi connectivity index (χ2v) is 21.5. The number of nitrogens with two attached hydrogens (primary N) is 3. The van der Waals surface area contributed by atoms with Crippen LogP contribution in [0.5, 0.6) is 5.75 Å². The van der Waals surface area contributed by atoms with Crippen molar-refractivity contribution in [3.8, 4) is 5.75 Å². The van der Waals surface area contributed by atoms with Gasteiger partial charge in [0.05, 0.1) is 57.6 Å². The highest BCUT2D eigenvalue weighted by Gasteiger charge is 2.54. The van der Waals surface area contributed by atoms with E-state index in [0.29, 0.717) is 5.56 Å². The Labute approximate surface area is 495 Å². The van der Waals surface area contributed by atoms with Crippen LogP contribution in [0, 0.1) is 0 Å². The van der Waals surface area contributed by atoms with Crippen LogP contribution in [-0.4, -0.2) is 304 Å². The summed E-state index contributed by atoms with van der Waals surface area (Å²) in [5.41, 5.74) is 19.4. The van der Waals surface area contributed by atoms with E-state index in [4.69, 9.17) is 40.9 Å². The van der Waals surface area contributed by atoms with Gasteiger partial charge in [-0.25, -0.2) is 0 Å². The molecule has 25 unspecified atom stereocenters. The molecule has 0 spiro atoms. The average molecular weight is 1240 g/mol. The molecule has 5 heterocycles. The Morgan fingerprint density at radius 1 is 0.678 bits per heavy atom. The number of carbonyl (C=O) groups is 5. The zero-order valence-electron chi connectivity index (χ0n) is 46.6. The molecule has 2 aromatic rings. The summed E-state index contributed by atoms with van der Waals surface area (Å²) in [5.74, 6) is -6.18. The Kier molecular flexibility index (Phi) is 23.6. The van der Waals surface area contributed by atoms with Crippen molar-refractivity contribution < 1.29 is 119 Å². The number of amides is 4. The maximum Gasteiger partial charge on any atom is 0.246 e. The lowest BCUT2D eigenvalue weighted by molar-refractivity contribution is -0.352. The fourth-order valence-electron chi connectivity index (χ4n) is 10.5. The molecule has 7 rings (SSSR count). The molecule has 5 aliphatic rings. The number of hydrogen-bond acceptors (Lipinski definition) is 31. The lowest BCUT2D eigenvalue weighted by Crippen LogP contribution is -2.70. The molecular formula is C52H77N11O24. The van der Waals surface area contributed by atoms with E-state index >= 15 is 0 Å². The fraction of sp³-hybridized carbons (Fsp3) is 0.635. The third kappa shape index (κ3) is 15.5. The first-order chi connectivity index (χ1) is 41.4. The number of aliphatic hydroxyl groups excluding tert-OH is 14. The van der Waals surface area contributed by atoms with E-state index in [1.807, 2.05) is 0 Å². The number of ether oxygens (including phenoxy) is 5. The van der Waals surface area contributed by atoms with E-state index in [0.717, 1.165) is 4.90 Å². The summed E-state index contributed by atoms with van der Waals surface area (Å²) in [4.78, 5) is 78.8. The van der Waals surface area contributed by atoms with Crippen LogP contribution >= 0.6 is 0 Å². The second kappa shape index (κ2) is 30.2. The minimum absolute atomic E-state index is 0.0449. The quantitative estimate of drug-likeness (QED) is 0.0389. The van der Waals surface area contributed by atoms with Crippen molar-refractivity contribution in [2.75, 3.05) is 39.5 Å². The number of rotatable bonds is 26. The van der Waals surface area contributed by atoms with E-state index in [9.17, 15) is 95.5 Å². The van der Waals surface area contributed by atoms with Gasteiger partial charge in [-0.2, -0.15) is 0 Å². The van der Waals surface area contributed by atoms with E-state index in [2.05, 4.69) is 36.6 Å². The van der Waals surface area contributed by atoms with E-state index < -0.39 is 221 Å². The Bertz CT molecular complexity index is 2690. The first kappa shape index (κ1) is 68.1. The lowest BCUT2D eigenvalue weighted by atomic mass is 9.93. The third-order valence-electron chi connectivity index (χ3n) is 15.7. The summed E-state index contributed by atoms with van der Waals surface area (Å²) in [6, 6.07) is 2.14. The van der Waals surface area contributed by atoms with Crippen molar-refractivity contribution in [2.24, 2.45) is 27.2 Å². The molecular weight excluding hydrogens is 1160 g/mol. The fourth-order valence-corrected chi connectivity index (χ4v) is 10.5. The number of aliphatic imine (C=N–C) groups is 2. The van der Waals surface area contributed by atoms with Gasteiger partial charge >= 0.3 is 0 Å². The predicted molar refractivity (Wildman–Crippen MR) is 292 cm³/mol. The number of aliphatic hydroxyl groups is 14. The Hall–Kier alpha value is -6.43. The number of aldehydes is 1. The van der Waals surface area contributed by atoms with Gasteiger partial charge in [-0.05, 0) is 23.3 Å². The molecule has 0 radical (unpaired) electrons. The summed E-state index contributed by atoms with van der Waals surface area (Å²) in [7, 11) is 0. The number of nitrogens with one attached hydrogen (secondary N) is 5. The zero-order chi connectivity index (χ0) is 63.7. The van der Waals surface area contributed by atoms with E-state index in [1.165, 1.54) is 24.3 Å². The molecule has 3 fully saturated rings. The maximum atomic E-state index is 14.9. The van der Waals surface area contributed by atoms with Gasteiger partial charge in [0.2, 0.25) is 29.9 Å². The molecule has 484 valence electrons. The Balaban J connectivity index is 1.15. The van der Waals surface area contributed by atoms with Crippen LogP contribution in [0.3, 0.4) is 0 Å². The highest BCUT2D eigenvalue weighted by molar-refractivity contribution is 5.96. The average Bonchev–Trinajstić information content (AvgIpc) is 2.34. The number of guanidine groups is 2. The summed E-state index contributed by atoms with van der Waals surface area (Å²) in [6.07, 6.45) is -31.0. The topological polar surface area (TPSA) is 581 Å². The van der Waals surface area contributed by atoms with Gasteiger partial charge < -0.3 is 149 Å². The molecule has 0 saturated carbocycles. The molecule has 0 aliphatic carbocycles. The van der Waals surface area contributed by atoms with Gasteiger partial charge in [-0.1, -0.05) is 49.4 Å². The van der Waals surface area contributed by atoms with Crippen LogP contribution in [0.4, 0.5) is 0 Å². The number of carbonyl (C=O) groups excluding carboxylic acids is 5. The van der Waals surface area contributed by atoms with Crippen LogP contribution < -0.4 is 48.5 Å². The molecule has 3 saturated heterocycles. The second-order valence-electron chi connectivity index (χ2n) is 21.5. The van der Waals surface area contributed by atoms with Crippen molar-refractivity contribution >= 4 is 41.8 Å². The smallest absolute Gasteiger partial charge is 0.246 e. The van der Waals surface area contributed by atoms with Crippen LogP contribution in [0.25, 0.3) is 0 Å². The molecule has 2 aromatic carbocycles. The summed E-state index contributed by atoms with van der Waals surface area (Å²) >= 11 is 0. The number of benzene rings is 2. The number of nitrogens with zero attached hydrogens (tertiary/aromatic N) is 3. The molecule has 25 atom stereocenters. The van der Waals surface area contributed by atoms with Gasteiger partial charge in [-0.15, -0.1) is 0 Å². The van der Waals surface area contributed by atoms with Crippen LogP contribution in [0.15, 0.2) is 64.6 Å². The zero-order valence-corrected chi connectivity index (χ0v) is 46.6. The van der Waals surface area contributed by atoms with Gasteiger partial charge in [0.1, 0.15) is 122 Å². The highest BCUT2D eigenvalue weighted by Crippen LogP contribution is 2.32. The van der Waals surface area contributed by atoms with E-state index in [-0.39, 0.29) is 30.1 Å². The number of hydrogen-bond donors (Lipinski definition) is 22. The lowest BCUT2D eigenvalue weighted by Gasteiger charge is -2.46. The predicted octanol–water partition coefficient (Wildman–Crippen LogP) is -12.7. The summed E-state index contributed by atoms with van der Waals surface area (Å²) < 4.78 is 28.2. The normalized spacial score (nSPS) is 33.6. The monoisotopic (exact) mass is 1240 g/mol. The molecule has 0 bridgehead atoms. The van der Waals surface area contributed by atoms with Crippen molar-refractivity contribution in [2.45, 2.75) is 166 Å². The molecule has 0 aromatic heterocycles. The van der Waals surface area contributed by atoms with Crippen molar-refractivity contribution in [1.82, 2.24) is 31.5 Å². The van der Waals surface area contributed by atoms with E-state index in [1.54, 1.807) is 37.3 Å². The van der Waals surface area contributed by atoms with Gasteiger partial charge in [-0.3, -0.25) is 29.2 Å². The van der Waals surface area contributed by atoms with Gasteiger partial charge in [0.15, 0.2) is 24.4 Å². The van der Waals surface area contributed by atoms with Crippen LogP contribution in [0.2, 0.25) is 0 Å². The maximum absolute atomic E-state index is 14.9. The molecule has 25 N–H and O–H groups in total. The van der Waals surface area contributed by atoms with Gasteiger partial charge in [0.25, 0.3) is 0 Å². The summed E-state index contributed by atoms with van der Waals surface area (Å²) in [5, 5.41) is 161. The highest BCUT2D eigenvalue weighted by atomic mass is 16.7. The first-order valence-electron chi connectivity index (χ1n) is 27.6. The molecule has 87 heavy (non-hydrogen) atoms. The van der Waals surface area contributed by atoms with Crippen molar-refractivity contribution in [3.63, 3.8) is 0 Å². The third-order valence-corrected chi connectivity index (χ3v) is 15.7. The molecule has 5 aliphatic heterocycles. The molecule has 35 heteroatoms.